The lowest BCUT2D eigenvalue weighted by molar-refractivity contribution is -0.00931. The van der Waals surface area contributed by atoms with E-state index < -0.39 is 5.60 Å². The average Bonchev–Trinajstić information content (AvgIpc) is 2.77. The maximum Gasteiger partial charge on any atom is 0.0644 e. The molecule has 0 spiro atoms. The van der Waals surface area contributed by atoms with Crippen LogP contribution in [0.2, 0.25) is 0 Å². The molecule has 1 aliphatic carbocycles. The molecule has 1 heterocycles. The van der Waals surface area contributed by atoms with Gasteiger partial charge in [-0.1, -0.05) is 13.3 Å². The molecule has 1 saturated heterocycles. The van der Waals surface area contributed by atoms with Crippen LogP contribution in [-0.2, 0) is 0 Å². The highest BCUT2D eigenvalue weighted by atomic mass is 16.3. The Hall–Kier alpha value is -0.120. The number of hydrogen-bond donors (Lipinski definition) is 2. The Balaban J connectivity index is 1.75. The molecule has 106 valence electrons. The summed E-state index contributed by atoms with van der Waals surface area (Å²) < 4.78 is 0. The molecule has 0 aromatic rings. The Kier molecular flexibility index (Phi) is 5.05. The number of likely N-dealkylation sites (tertiary alicyclic amines) is 1. The highest BCUT2D eigenvalue weighted by molar-refractivity contribution is 4.88. The minimum atomic E-state index is -0.411. The van der Waals surface area contributed by atoms with E-state index in [9.17, 15) is 5.11 Å². The minimum Gasteiger partial charge on any atom is -0.390 e. The second-order valence-corrected chi connectivity index (χ2v) is 6.55. The maximum absolute atomic E-state index is 9.98. The zero-order chi connectivity index (χ0) is 13.0. The van der Waals surface area contributed by atoms with Crippen molar-refractivity contribution in [3.8, 4) is 0 Å². The van der Waals surface area contributed by atoms with E-state index in [-0.39, 0.29) is 0 Å². The van der Waals surface area contributed by atoms with E-state index in [0.717, 1.165) is 44.4 Å². The lowest BCUT2D eigenvalue weighted by Gasteiger charge is -2.37. The van der Waals surface area contributed by atoms with Crippen molar-refractivity contribution >= 4 is 0 Å². The van der Waals surface area contributed by atoms with Gasteiger partial charge in [-0.3, -0.25) is 0 Å². The first kappa shape index (κ1) is 14.3. The van der Waals surface area contributed by atoms with Crippen molar-refractivity contribution < 1.29 is 5.11 Å². The Labute approximate surface area is 112 Å². The Morgan fingerprint density at radius 1 is 1.28 bits per heavy atom. The molecule has 2 fully saturated rings. The predicted molar refractivity (Wildman–Crippen MR) is 75.7 cm³/mol. The first-order valence-electron chi connectivity index (χ1n) is 7.79. The van der Waals surface area contributed by atoms with Gasteiger partial charge in [0.25, 0.3) is 0 Å². The van der Waals surface area contributed by atoms with E-state index in [1.54, 1.807) is 0 Å². The van der Waals surface area contributed by atoms with Crippen LogP contribution < -0.4 is 5.32 Å². The van der Waals surface area contributed by atoms with E-state index in [1.165, 1.54) is 32.2 Å². The summed E-state index contributed by atoms with van der Waals surface area (Å²) in [5.74, 6) is 0.833. The molecule has 3 heteroatoms. The van der Waals surface area contributed by atoms with Crippen LogP contribution in [0.4, 0.5) is 0 Å². The van der Waals surface area contributed by atoms with Gasteiger partial charge in [-0.2, -0.15) is 0 Å². The molecule has 0 amide bonds. The molecule has 1 saturated carbocycles. The summed E-state index contributed by atoms with van der Waals surface area (Å²) in [6, 6.07) is 0.743. The van der Waals surface area contributed by atoms with E-state index in [1.807, 2.05) is 6.92 Å². The van der Waals surface area contributed by atoms with Crippen LogP contribution in [0.5, 0.6) is 0 Å². The smallest absolute Gasteiger partial charge is 0.0644 e. The van der Waals surface area contributed by atoms with Gasteiger partial charge in [-0.25, -0.2) is 0 Å². The lowest BCUT2D eigenvalue weighted by Crippen LogP contribution is -2.46. The molecular formula is C15H30N2O. The molecule has 2 atom stereocenters. The van der Waals surface area contributed by atoms with Gasteiger partial charge in [-0.05, 0) is 51.5 Å². The number of rotatable bonds is 5. The monoisotopic (exact) mass is 254 g/mol. The lowest BCUT2D eigenvalue weighted by atomic mass is 9.92. The van der Waals surface area contributed by atoms with Crippen molar-refractivity contribution in [3.63, 3.8) is 0 Å². The van der Waals surface area contributed by atoms with E-state index in [2.05, 4.69) is 17.1 Å². The number of aliphatic hydroxyl groups is 1. The molecule has 0 radical (unpaired) electrons. The first-order valence-corrected chi connectivity index (χ1v) is 7.79. The molecule has 0 bridgehead atoms. The number of nitrogens with one attached hydrogen (secondary N) is 1. The second-order valence-electron chi connectivity index (χ2n) is 6.55. The van der Waals surface area contributed by atoms with Crippen LogP contribution in [0, 0.1) is 5.92 Å². The Bertz CT molecular complexity index is 245. The van der Waals surface area contributed by atoms with Gasteiger partial charge in [-0.15, -0.1) is 0 Å². The van der Waals surface area contributed by atoms with Crippen LogP contribution in [0.1, 0.15) is 52.4 Å². The van der Waals surface area contributed by atoms with Crippen LogP contribution in [-0.4, -0.2) is 47.8 Å². The highest BCUT2D eigenvalue weighted by Gasteiger charge is 2.32. The maximum atomic E-state index is 9.98. The van der Waals surface area contributed by atoms with Gasteiger partial charge in [0.15, 0.2) is 0 Å². The second kappa shape index (κ2) is 6.36. The molecule has 3 nitrogen and oxygen atoms in total. The van der Waals surface area contributed by atoms with Crippen molar-refractivity contribution in [1.82, 2.24) is 10.2 Å². The molecule has 2 aliphatic rings. The van der Waals surface area contributed by atoms with Gasteiger partial charge in [0, 0.05) is 25.7 Å². The summed E-state index contributed by atoms with van der Waals surface area (Å²) in [4.78, 5) is 2.56. The molecule has 2 unspecified atom stereocenters. The molecule has 0 aromatic carbocycles. The van der Waals surface area contributed by atoms with Crippen molar-refractivity contribution in [3.05, 3.63) is 0 Å². The molecular weight excluding hydrogens is 224 g/mol. The topological polar surface area (TPSA) is 35.5 Å². The van der Waals surface area contributed by atoms with Crippen molar-refractivity contribution in [2.24, 2.45) is 5.92 Å². The number of hydrogen-bond acceptors (Lipinski definition) is 3. The largest absolute Gasteiger partial charge is 0.390 e. The van der Waals surface area contributed by atoms with Crippen LogP contribution in [0.15, 0.2) is 0 Å². The zero-order valence-electron chi connectivity index (χ0n) is 12.1. The Morgan fingerprint density at radius 3 is 2.67 bits per heavy atom. The van der Waals surface area contributed by atoms with Gasteiger partial charge < -0.3 is 15.3 Å². The number of piperidine rings is 1. The summed E-state index contributed by atoms with van der Waals surface area (Å²) in [6.45, 7) is 8.76. The van der Waals surface area contributed by atoms with Gasteiger partial charge >= 0.3 is 0 Å². The standard InChI is InChI=1S/C15H30N2O/c1-3-9-16-14-6-4-5-13(14)12-17-10-7-15(2,18)8-11-17/h13-14,16,18H,3-12H2,1-2H3. The molecule has 0 aromatic heterocycles. The third kappa shape index (κ3) is 3.94. The molecule has 18 heavy (non-hydrogen) atoms. The normalized spacial score (nSPS) is 32.8. The molecule has 1 aliphatic heterocycles. The number of nitrogens with zero attached hydrogens (tertiary/aromatic N) is 1. The fourth-order valence-electron chi connectivity index (χ4n) is 3.40. The quantitative estimate of drug-likeness (QED) is 0.788. The van der Waals surface area contributed by atoms with E-state index in [0.29, 0.717) is 0 Å². The third-order valence-corrected chi connectivity index (χ3v) is 4.74. The SMILES string of the molecule is CCCNC1CCCC1CN1CCC(C)(O)CC1. The fraction of sp³-hybridized carbons (Fsp3) is 1.00. The van der Waals surface area contributed by atoms with Crippen molar-refractivity contribution in [2.45, 2.75) is 64.0 Å². The molecule has 2 rings (SSSR count). The third-order valence-electron chi connectivity index (χ3n) is 4.74. The summed E-state index contributed by atoms with van der Waals surface area (Å²) in [5, 5.41) is 13.7. The minimum absolute atomic E-state index is 0.411. The van der Waals surface area contributed by atoms with Gasteiger partial charge in [0.05, 0.1) is 5.60 Å². The van der Waals surface area contributed by atoms with Gasteiger partial charge in [0.1, 0.15) is 0 Å². The highest BCUT2D eigenvalue weighted by Crippen LogP contribution is 2.29. The predicted octanol–water partition coefficient (Wildman–Crippen LogP) is 2.00. The van der Waals surface area contributed by atoms with Crippen molar-refractivity contribution in [2.75, 3.05) is 26.2 Å². The van der Waals surface area contributed by atoms with Crippen LogP contribution in [0.3, 0.4) is 0 Å². The van der Waals surface area contributed by atoms with Crippen LogP contribution >= 0.6 is 0 Å². The van der Waals surface area contributed by atoms with E-state index >= 15 is 0 Å². The fourth-order valence-corrected chi connectivity index (χ4v) is 3.40. The van der Waals surface area contributed by atoms with Gasteiger partial charge in [0.2, 0.25) is 0 Å². The van der Waals surface area contributed by atoms with Crippen LogP contribution in [0.25, 0.3) is 0 Å². The van der Waals surface area contributed by atoms with E-state index in [4.69, 9.17) is 0 Å². The average molecular weight is 254 g/mol. The molecule has 2 N–H and O–H groups in total. The Morgan fingerprint density at radius 2 is 2.00 bits per heavy atom. The summed E-state index contributed by atoms with van der Waals surface area (Å²) in [6.07, 6.45) is 7.23. The summed E-state index contributed by atoms with van der Waals surface area (Å²) >= 11 is 0. The summed E-state index contributed by atoms with van der Waals surface area (Å²) in [7, 11) is 0. The summed E-state index contributed by atoms with van der Waals surface area (Å²) in [5.41, 5.74) is -0.411. The zero-order valence-corrected chi connectivity index (χ0v) is 12.1. The van der Waals surface area contributed by atoms with Crippen molar-refractivity contribution in [1.29, 1.82) is 0 Å². The first-order chi connectivity index (χ1) is 8.61.